The monoisotopic (exact) mass is 454 g/mol. The van der Waals surface area contributed by atoms with Crippen molar-refractivity contribution in [2.24, 2.45) is 10.9 Å². The van der Waals surface area contributed by atoms with E-state index in [0.29, 0.717) is 39.1 Å². The van der Waals surface area contributed by atoms with Gasteiger partial charge >= 0.3 is 0 Å². The zero-order valence-electron chi connectivity index (χ0n) is 17.6. The van der Waals surface area contributed by atoms with E-state index in [1.807, 2.05) is 30.3 Å². The highest BCUT2D eigenvalue weighted by Gasteiger charge is 2.33. The summed E-state index contributed by atoms with van der Waals surface area (Å²) in [6, 6.07) is 12.7. The third-order valence-corrected chi connectivity index (χ3v) is 5.54. The Balaban J connectivity index is 1.92. The molecule has 1 saturated heterocycles. The van der Waals surface area contributed by atoms with Crippen LogP contribution in [0.15, 0.2) is 52.4 Å². The first-order valence-electron chi connectivity index (χ1n) is 9.71. The first-order chi connectivity index (χ1) is 14.9. The van der Waals surface area contributed by atoms with Crippen molar-refractivity contribution in [1.29, 1.82) is 0 Å². The average molecular weight is 455 g/mol. The number of thioether (sulfide) groups is 1. The molecule has 1 amide bonds. The van der Waals surface area contributed by atoms with Crippen molar-refractivity contribution in [3.05, 3.63) is 58.0 Å². The van der Waals surface area contributed by atoms with Crippen LogP contribution in [0.4, 0.5) is 5.69 Å². The van der Waals surface area contributed by atoms with Crippen molar-refractivity contribution < 1.29 is 14.3 Å². The first-order valence-corrected chi connectivity index (χ1v) is 10.9. The molecule has 5 nitrogen and oxygen atoms in total. The Bertz CT molecular complexity index is 1060. The lowest BCUT2D eigenvalue weighted by molar-refractivity contribution is -0.122. The molecule has 0 aromatic heterocycles. The topological polar surface area (TPSA) is 51.1 Å². The second-order valence-electron chi connectivity index (χ2n) is 7.19. The summed E-state index contributed by atoms with van der Waals surface area (Å²) in [5.74, 6) is 3.76. The van der Waals surface area contributed by atoms with E-state index in [1.165, 1.54) is 11.8 Å². The molecule has 1 aliphatic heterocycles. The van der Waals surface area contributed by atoms with Gasteiger partial charge in [0.05, 0.1) is 17.7 Å². The number of amidine groups is 1. The van der Waals surface area contributed by atoms with Crippen LogP contribution in [0.5, 0.6) is 11.5 Å². The maximum absolute atomic E-state index is 13.1. The summed E-state index contributed by atoms with van der Waals surface area (Å²) in [4.78, 5) is 20.1. The van der Waals surface area contributed by atoms with E-state index in [1.54, 1.807) is 30.2 Å². The Hall–Kier alpha value is -2.88. The summed E-state index contributed by atoms with van der Waals surface area (Å²) >= 11 is 7.32. The number of rotatable bonds is 7. The summed E-state index contributed by atoms with van der Waals surface area (Å²) in [5, 5.41) is 1.29. The van der Waals surface area contributed by atoms with Gasteiger partial charge in [0, 0.05) is 11.6 Å². The Labute approximate surface area is 192 Å². The number of methoxy groups -OCH3 is 1. The summed E-state index contributed by atoms with van der Waals surface area (Å²) < 4.78 is 10.9. The number of hydrogen-bond donors (Lipinski definition) is 0. The standard InChI is InChI=1S/C24H23ClN2O3S/c1-5-12-30-20-11-6-17(13-21(20)29-4)14-22-23(28)27(15-16(2)3)24(31-22)26-19-9-7-18(25)8-10-19/h1,6-11,13-14,16H,12,15H2,2-4H3/b22-14-,26-24?. The van der Waals surface area contributed by atoms with E-state index in [-0.39, 0.29) is 12.5 Å². The number of halogens is 1. The predicted octanol–water partition coefficient (Wildman–Crippen LogP) is 5.62. The Morgan fingerprint density at radius 2 is 1.97 bits per heavy atom. The van der Waals surface area contributed by atoms with Gasteiger partial charge in [0.25, 0.3) is 5.91 Å². The largest absolute Gasteiger partial charge is 0.493 e. The molecule has 160 valence electrons. The fourth-order valence-corrected chi connectivity index (χ4v) is 4.04. The van der Waals surface area contributed by atoms with Crippen molar-refractivity contribution in [2.45, 2.75) is 13.8 Å². The zero-order chi connectivity index (χ0) is 22.4. The van der Waals surface area contributed by atoms with Gasteiger partial charge in [-0.25, -0.2) is 4.99 Å². The van der Waals surface area contributed by atoms with Crippen molar-refractivity contribution in [2.75, 3.05) is 20.3 Å². The van der Waals surface area contributed by atoms with Crippen LogP contribution in [0, 0.1) is 18.3 Å². The first kappa shape index (κ1) is 22.8. The van der Waals surface area contributed by atoms with E-state index in [9.17, 15) is 4.79 Å². The number of terminal acetylenes is 1. The molecule has 3 rings (SSSR count). The predicted molar refractivity (Wildman–Crippen MR) is 128 cm³/mol. The highest BCUT2D eigenvalue weighted by molar-refractivity contribution is 8.18. The van der Waals surface area contributed by atoms with Crippen LogP contribution in [0.3, 0.4) is 0 Å². The minimum Gasteiger partial charge on any atom is -0.493 e. The van der Waals surface area contributed by atoms with Gasteiger partial charge in [-0.3, -0.25) is 9.69 Å². The number of aliphatic imine (C=N–C) groups is 1. The Kier molecular flexibility index (Phi) is 7.67. The molecule has 1 aliphatic rings. The van der Waals surface area contributed by atoms with Crippen LogP contribution in [-0.4, -0.2) is 36.2 Å². The molecule has 0 atom stereocenters. The SMILES string of the molecule is C#CCOc1ccc(/C=C2\SC(=Nc3ccc(Cl)cc3)N(CC(C)C)C2=O)cc1OC. The second kappa shape index (κ2) is 10.4. The van der Waals surface area contributed by atoms with E-state index in [2.05, 4.69) is 24.8 Å². The summed E-state index contributed by atoms with van der Waals surface area (Å²) in [7, 11) is 1.56. The third kappa shape index (κ3) is 5.84. The lowest BCUT2D eigenvalue weighted by atomic mass is 10.1. The second-order valence-corrected chi connectivity index (χ2v) is 8.64. The number of nitrogens with zero attached hydrogens (tertiary/aromatic N) is 2. The van der Waals surface area contributed by atoms with Crippen LogP contribution >= 0.6 is 23.4 Å². The number of hydrogen-bond acceptors (Lipinski definition) is 5. The maximum atomic E-state index is 13.1. The summed E-state index contributed by atoms with van der Waals surface area (Å²) in [6.07, 6.45) is 7.09. The van der Waals surface area contributed by atoms with Gasteiger partial charge in [-0.05, 0) is 65.7 Å². The van der Waals surface area contributed by atoms with Crippen molar-refractivity contribution in [3.63, 3.8) is 0 Å². The lowest BCUT2D eigenvalue weighted by Gasteiger charge is -2.17. The van der Waals surface area contributed by atoms with Crippen LogP contribution in [-0.2, 0) is 4.79 Å². The lowest BCUT2D eigenvalue weighted by Crippen LogP contribution is -2.32. The van der Waals surface area contributed by atoms with Crippen LogP contribution in [0.1, 0.15) is 19.4 Å². The average Bonchev–Trinajstić information content (AvgIpc) is 3.02. The van der Waals surface area contributed by atoms with E-state index in [4.69, 9.17) is 27.5 Å². The molecule has 0 radical (unpaired) electrons. The molecule has 0 N–H and O–H groups in total. The highest BCUT2D eigenvalue weighted by atomic mass is 35.5. The number of amides is 1. The van der Waals surface area contributed by atoms with Gasteiger partial charge in [0.1, 0.15) is 6.61 Å². The van der Waals surface area contributed by atoms with Crippen molar-refractivity contribution in [3.8, 4) is 23.8 Å². The van der Waals surface area contributed by atoms with E-state index in [0.717, 1.165) is 11.3 Å². The molecule has 1 heterocycles. The molecule has 0 bridgehead atoms. The highest BCUT2D eigenvalue weighted by Crippen LogP contribution is 2.36. The molecule has 2 aromatic carbocycles. The molecular formula is C24H23ClN2O3S. The third-order valence-electron chi connectivity index (χ3n) is 4.28. The van der Waals surface area contributed by atoms with Gasteiger partial charge in [-0.1, -0.05) is 37.4 Å². The molecular weight excluding hydrogens is 432 g/mol. The molecule has 0 aliphatic carbocycles. The summed E-state index contributed by atoms with van der Waals surface area (Å²) in [6.45, 7) is 4.87. The molecule has 2 aromatic rings. The van der Waals surface area contributed by atoms with Gasteiger partial charge in [0.2, 0.25) is 0 Å². The van der Waals surface area contributed by atoms with Gasteiger partial charge in [0.15, 0.2) is 16.7 Å². The Morgan fingerprint density at radius 1 is 1.23 bits per heavy atom. The molecule has 31 heavy (non-hydrogen) atoms. The van der Waals surface area contributed by atoms with Crippen LogP contribution < -0.4 is 9.47 Å². The number of carbonyl (C=O) groups excluding carboxylic acids is 1. The smallest absolute Gasteiger partial charge is 0.266 e. The minimum absolute atomic E-state index is 0.0713. The molecule has 0 saturated carbocycles. The molecule has 7 heteroatoms. The molecule has 1 fully saturated rings. The van der Waals surface area contributed by atoms with Crippen LogP contribution in [0.2, 0.25) is 5.02 Å². The zero-order valence-corrected chi connectivity index (χ0v) is 19.2. The molecule has 0 spiro atoms. The van der Waals surface area contributed by atoms with Gasteiger partial charge in [-0.2, -0.15) is 0 Å². The Morgan fingerprint density at radius 3 is 2.61 bits per heavy atom. The van der Waals surface area contributed by atoms with Crippen LogP contribution in [0.25, 0.3) is 6.08 Å². The number of benzene rings is 2. The number of ether oxygens (including phenoxy) is 2. The van der Waals surface area contributed by atoms with E-state index < -0.39 is 0 Å². The fourth-order valence-electron chi connectivity index (χ4n) is 2.91. The van der Waals surface area contributed by atoms with Gasteiger partial charge in [-0.15, -0.1) is 6.42 Å². The summed E-state index contributed by atoms with van der Waals surface area (Å²) in [5.41, 5.74) is 1.56. The van der Waals surface area contributed by atoms with Gasteiger partial charge < -0.3 is 9.47 Å². The normalized spacial score (nSPS) is 16.3. The number of carbonyl (C=O) groups is 1. The maximum Gasteiger partial charge on any atom is 0.266 e. The quantitative estimate of drug-likeness (QED) is 0.402. The molecule has 0 unspecified atom stereocenters. The van der Waals surface area contributed by atoms with E-state index >= 15 is 0 Å². The van der Waals surface area contributed by atoms with Crippen molar-refractivity contribution >= 4 is 46.2 Å². The van der Waals surface area contributed by atoms with Crippen molar-refractivity contribution in [1.82, 2.24) is 4.90 Å². The minimum atomic E-state index is -0.0713. The fraction of sp³-hybridized carbons (Fsp3) is 0.250.